The number of nitrogens with zero attached hydrogens (tertiary/aromatic N) is 5. The molecule has 1 atom stereocenters. The van der Waals surface area contributed by atoms with Crippen LogP contribution in [0.15, 0.2) is 47.3 Å². The van der Waals surface area contributed by atoms with Gasteiger partial charge in [0.25, 0.3) is 0 Å². The van der Waals surface area contributed by atoms with Gasteiger partial charge in [-0.2, -0.15) is 0 Å². The quantitative estimate of drug-likeness (QED) is 0.115. The molecule has 53 heavy (non-hydrogen) atoms. The Hall–Kier alpha value is -3.01. The zero-order chi connectivity index (χ0) is 38.1. The molecule has 0 aliphatic carbocycles. The van der Waals surface area contributed by atoms with Crippen LogP contribution in [0, 0.1) is 0 Å². The third kappa shape index (κ3) is 9.45. The monoisotopic (exact) mass is 972 g/mol. The van der Waals surface area contributed by atoms with Gasteiger partial charge < -0.3 is 0 Å². The van der Waals surface area contributed by atoms with Crippen LogP contribution in [0.25, 0.3) is 11.4 Å². The molecule has 3 aliphatic heterocycles. The number of aromatic nitrogens is 3. The Labute approximate surface area is 324 Å². The Morgan fingerprint density at radius 3 is 2.19 bits per heavy atom. The van der Waals surface area contributed by atoms with Gasteiger partial charge in [0.15, 0.2) is 5.82 Å². The third-order valence-electron chi connectivity index (χ3n) is 10.3. The topological polar surface area (TPSA) is 133 Å². The number of nitrogens with one attached hydrogen (secondary N) is 2. The van der Waals surface area contributed by atoms with Crippen LogP contribution in [0.4, 0.5) is 32.4 Å². The molecule has 0 bridgehead atoms. The molecule has 4 N–H and O–H groups in total. The zero-order valence-electron chi connectivity index (χ0n) is 29.1. The van der Waals surface area contributed by atoms with Crippen LogP contribution in [0.2, 0.25) is 0 Å². The van der Waals surface area contributed by atoms with Gasteiger partial charge in [0.05, 0.1) is 0 Å². The van der Waals surface area contributed by atoms with Crippen molar-refractivity contribution < 1.29 is 31.5 Å². The summed E-state index contributed by atoms with van der Waals surface area (Å²) in [6.45, 7) is 3.53. The molecule has 0 saturated carbocycles. The van der Waals surface area contributed by atoms with Gasteiger partial charge in [-0.05, 0) is 0 Å². The van der Waals surface area contributed by atoms with Gasteiger partial charge >= 0.3 is 270 Å². The van der Waals surface area contributed by atoms with Gasteiger partial charge in [0.1, 0.15) is 0 Å². The molecule has 0 unspecified atom stereocenters. The fourth-order valence-electron chi connectivity index (χ4n) is 7.26. The van der Waals surface area contributed by atoms with Crippen molar-refractivity contribution >= 4 is 60.0 Å². The Morgan fingerprint density at radius 2 is 1.58 bits per heavy atom. The number of H-pyrrole nitrogens is 1. The van der Waals surface area contributed by atoms with Crippen LogP contribution in [-0.2, 0) is 21.3 Å². The van der Waals surface area contributed by atoms with E-state index in [4.69, 9.17) is 5.73 Å². The number of piperidine rings is 2. The summed E-state index contributed by atoms with van der Waals surface area (Å²) in [5.74, 6) is -0.0350. The summed E-state index contributed by atoms with van der Waals surface area (Å²) < 4.78 is 71.3. The van der Waals surface area contributed by atoms with Crippen LogP contribution in [0.1, 0.15) is 48.4 Å². The van der Waals surface area contributed by atoms with Crippen molar-refractivity contribution in [2.24, 2.45) is 0 Å². The molecule has 1 aromatic heterocycles. The van der Waals surface area contributed by atoms with E-state index in [2.05, 4.69) is 27.3 Å². The van der Waals surface area contributed by atoms with Crippen LogP contribution in [-0.4, -0.2) is 107 Å². The summed E-state index contributed by atoms with van der Waals surface area (Å²) in [4.78, 5) is 48.9. The van der Waals surface area contributed by atoms with E-state index < -0.39 is 71.1 Å². The van der Waals surface area contributed by atoms with Gasteiger partial charge in [-0.25, -0.2) is 4.79 Å². The van der Waals surface area contributed by atoms with E-state index in [-0.39, 0.29) is 30.4 Å². The average Bonchev–Trinajstić information content (AvgIpc) is 3.53. The van der Waals surface area contributed by atoms with E-state index in [9.17, 15) is 36.3 Å². The number of amides is 3. The second-order valence-corrected chi connectivity index (χ2v) is 21.9. The Morgan fingerprint density at radius 1 is 0.962 bits per heavy atom. The van der Waals surface area contributed by atoms with Crippen molar-refractivity contribution in [2.75, 3.05) is 60.9 Å². The summed E-state index contributed by atoms with van der Waals surface area (Å²) in [5, 5.41) is 7.22. The van der Waals surface area contributed by atoms with Crippen molar-refractivity contribution in [3.8, 4) is 11.4 Å². The van der Waals surface area contributed by atoms with E-state index in [1.54, 1.807) is 4.90 Å². The molecule has 0 spiro atoms. The number of nitrogen functional groups attached to an aromatic ring is 1. The molecule has 6 rings (SSSR count). The number of urea groups is 1. The van der Waals surface area contributed by atoms with Gasteiger partial charge in [-0.1, -0.05) is 30.3 Å². The number of anilines is 1. The molecule has 3 amide bonds. The van der Waals surface area contributed by atoms with Gasteiger partial charge in [0, 0.05) is 5.56 Å². The Balaban J connectivity index is 1.18. The SMILES string of the molecule is CN1CCC(I2CCN(C(=O)[C@@H](Cc3cc(C(F)(F)F)c(N)c(C(F)(F)I)c3)NC(=O)N3CCC(n4nc(-c5ccccc5)[nH]c4=O)CC3)CC2)CC1. The van der Waals surface area contributed by atoms with Crippen LogP contribution in [0.5, 0.6) is 0 Å². The Bertz CT molecular complexity index is 1780. The fourth-order valence-corrected chi connectivity index (χ4v) is 14.7. The van der Waals surface area contributed by atoms with Gasteiger partial charge in [-0.3, -0.25) is 4.98 Å². The zero-order valence-corrected chi connectivity index (χ0v) is 33.5. The standard InChI is InChI=1S/C35H43F5I2N8O3/c1-47-13-7-24(8-14-47)42-11-17-48(18-12-42)31(51)28(21-22-19-26(34(36,37)38)29(43)27(20-22)35(39,40)41)44-32(52)49-15-9-25(10-16-49)50-33(53)45-30(46-50)23-5-3-2-4-6-23/h2-6,19-20,24-25,28H,7-18,21,43H2,1H3,(H,44,52)(H,45,46,53)/t28-/m1/s1. The maximum atomic E-state index is 14.5. The fraction of sp³-hybridized carbons (Fsp3) is 0.543. The van der Waals surface area contributed by atoms with E-state index in [1.165, 1.54) is 9.58 Å². The molecule has 4 heterocycles. The summed E-state index contributed by atoms with van der Waals surface area (Å²) in [6, 6.07) is 8.54. The van der Waals surface area contributed by atoms with Crippen LogP contribution < -0.4 is 16.7 Å². The molecule has 11 nitrogen and oxygen atoms in total. The summed E-state index contributed by atoms with van der Waals surface area (Å²) in [6.07, 6.45) is -2.39. The molecular weight excluding hydrogens is 929 g/mol. The first-order chi connectivity index (χ1) is 25.1. The number of carbonyl (C=O) groups excluding carboxylic acids is 2. The predicted octanol–water partition coefficient (Wildman–Crippen LogP) is 5.72. The molecule has 18 heteroatoms. The molecule has 290 valence electrons. The number of hydrogen-bond acceptors (Lipinski definition) is 6. The minimum atomic E-state index is -5.02. The van der Waals surface area contributed by atoms with E-state index in [1.807, 2.05) is 30.3 Å². The normalized spacial score (nSPS) is 19.7. The van der Waals surface area contributed by atoms with Crippen molar-refractivity contribution in [3.63, 3.8) is 0 Å². The van der Waals surface area contributed by atoms with E-state index >= 15 is 0 Å². The van der Waals surface area contributed by atoms with Gasteiger partial charge in [-0.15, -0.1) is 5.10 Å². The first kappa shape index (κ1) is 39.7. The predicted molar refractivity (Wildman–Crippen MR) is 209 cm³/mol. The first-order valence-electron chi connectivity index (χ1n) is 17.5. The Kier molecular flexibility index (Phi) is 12.3. The van der Waals surface area contributed by atoms with E-state index in [0.29, 0.717) is 41.7 Å². The summed E-state index contributed by atoms with van der Waals surface area (Å²) >= 11 is -0.614. The van der Waals surface area contributed by atoms with Crippen molar-refractivity contribution in [2.45, 2.75) is 58.2 Å². The second-order valence-electron chi connectivity index (χ2n) is 13.8. The van der Waals surface area contributed by atoms with E-state index in [0.717, 1.165) is 69.0 Å². The van der Waals surface area contributed by atoms with Crippen molar-refractivity contribution in [3.05, 3.63) is 69.6 Å². The number of rotatable bonds is 8. The van der Waals surface area contributed by atoms with Crippen molar-refractivity contribution in [1.29, 1.82) is 0 Å². The number of hydrogen-bond donors (Lipinski definition) is 3. The number of nitrogens with two attached hydrogens (primary N) is 1. The number of carbonyl (C=O) groups is 2. The van der Waals surface area contributed by atoms with Crippen LogP contribution >= 0.6 is 42.4 Å². The molecule has 3 aliphatic rings. The molecule has 3 aromatic rings. The summed E-state index contributed by atoms with van der Waals surface area (Å²) in [5.41, 5.74) is 2.28. The van der Waals surface area contributed by atoms with Crippen LogP contribution in [0.3, 0.4) is 0 Å². The summed E-state index contributed by atoms with van der Waals surface area (Å²) in [7, 11) is 2.11. The maximum absolute atomic E-state index is 14.5. The minimum absolute atomic E-state index is 0.195. The van der Waals surface area contributed by atoms with Crippen molar-refractivity contribution in [1.82, 2.24) is 34.8 Å². The molecule has 0 radical (unpaired) electrons. The number of likely N-dealkylation sites (tertiary alicyclic amines) is 2. The average molecular weight is 973 g/mol. The number of aromatic amines is 1. The number of benzene rings is 2. The molecule has 3 fully saturated rings. The molecule has 2 aromatic carbocycles. The van der Waals surface area contributed by atoms with Gasteiger partial charge in [0.2, 0.25) is 0 Å². The number of halogens is 7. The first-order valence-corrected chi connectivity index (χ1v) is 22.9. The molecular formula is C35H43F5I2N8O3. The molecule has 3 saturated heterocycles. The third-order valence-corrected chi connectivity index (χ3v) is 18.3. The number of alkyl halides is 9. The second kappa shape index (κ2) is 16.4.